The van der Waals surface area contributed by atoms with Crippen molar-refractivity contribution >= 4 is 11.7 Å². The number of hydrogen-bond acceptors (Lipinski definition) is 3. The number of benzene rings is 1. The zero-order valence-electron chi connectivity index (χ0n) is 8.88. The quantitative estimate of drug-likeness (QED) is 0.595. The number of aryl methyl sites for hydroxylation is 1. The molecular formula is C12H15NO2. The Balaban J connectivity index is 2.17. The van der Waals surface area contributed by atoms with E-state index in [2.05, 4.69) is 5.32 Å². The van der Waals surface area contributed by atoms with Crippen LogP contribution >= 0.6 is 0 Å². The summed E-state index contributed by atoms with van der Waals surface area (Å²) in [6, 6.07) is 5.77. The molecule has 1 N–H and O–H groups in total. The lowest BCUT2D eigenvalue weighted by Crippen LogP contribution is -2.12. The number of fused-ring (bicyclic) bond motifs is 1. The van der Waals surface area contributed by atoms with Crippen LogP contribution in [0.1, 0.15) is 25.3 Å². The summed E-state index contributed by atoms with van der Waals surface area (Å²) in [6.07, 6.45) is 2.60. The van der Waals surface area contributed by atoms with Crippen molar-refractivity contribution < 1.29 is 9.53 Å². The van der Waals surface area contributed by atoms with Gasteiger partial charge in [-0.2, -0.15) is 0 Å². The van der Waals surface area contributed by atoms with Gasteiger partial charge in [-0.1, -0.05) is 6.92 Å². The highest BCUT2D eigenvalue weighted by atomic mass is 16.5. The summed E-state index contributed by atoms with van der Waals surface area (Å²) in [4.78, 5) is 11.1. The van der Waals surface area contributed by atoms with Crippen molar-refractivity contribution in [2.45, 2.75) is 26.2 Å². The molecule has 0 bridgehead atoms. The second-order valence-corrected chi connectivity index (χ2v) is 3.68. The van der Waals surface area contributed by atoms with Gasteiger partial charge >= 0.3 is 5.97 Å². The van der Waals surface area contributed by atoms with Crippen molar-refractivity contribution in [2.24, 2.45) is 0 Å². The lowest BCUT2D eigenvalue weighted by atomic mass is 10.0. The number of rotatable bonds is 2. The molecule has 0 atom stereocenters. The number of ether oxygens (including phenoxy) is 1. The van der Waals surface area contributed by atoms with Crippen LogP contribution in [0.25, 0.3) is 0 Å². The molecule has 3 heteroatoms. The van der Waals surface area contributed by atoms with Gasteiger partial charge in [-0.05, 0) is 36.6 Å². The molecule has 2 rings (SSSR count). The Hall–Kier alpha value is -1.51. The molecule has 0 saturated carbocycles. The van der Waals surface area contributed by atoms with E-state index in [9.17, 15) is 4.79 Å². The zero-order chi connectivity index (χ0) is 10.7. The fourth-order valence-electron chi connectivity index (χ4n) is 1.72. The van der Waals surface area contributed by atoms with Gasteiger partial charge in [-0.15, -0.1) is 0 Å². The zero-order valence-corrected chi connectivity index (χ0v) is 8.88. The lowest BCUT2D eigenvalue weighted by Gasteiger charge is -2.18. The second kappa shape index (κ2) is 4.34. The van der Waals surface area contributed by atoms with E-state index in [1.54, 1.807) is 6.92 Å². The summed E-state index contributed by atoms with van der Waals surface area (Å²) >= 11 is 0. The van der Waals surface area contributed by atoms with Gasteiger partial charge in [0.2, 0.25) is 0 Å². The first-order valence-electron chi connectivity index (χ1n) is 5.37. The SMILES string of the molecule is CCC(=O)Oc1ccc2c(c1)CCCN2. The molecule has 15 heavy (non-hydrogen) atoms. The van der Waals surface area contributed by atoms with Crippen LogP contribution in [-0.2, 0) is 11.2 Å². The van der Waals surface area contributed by atoms with Gasteiger partial charge in [0.15, 0.2) is 0 Å². The lowest BCUT2D eigenvalue weighted by molar-refractivity contribution is -0.134. The fraction of sp³-hybridized carbons (Fsp3) is 0.417. The maximum atomic E-state index is 11.1. The Labute approximate surface area is 89.4 Å². The summed E-state index contributed by atoms with van der Waals surface area (Å²) < 4.78 is 5.16. The first-order valence-corrected chi connectivity index (χ1v) is 5.37. The molecule has 1 aliphatic heterocycles. The summed E-state index contributed by atoms with van der Waals surface area (Å²) in [7, 11) is 0. The Morgan fingerprint density at radius 2 is 2.40 bits per heavy atom. The number of anilines is 1. The van der Waals surface area contributed by atoms with Crippen LogP contribution in [0.15, 0.2) is 18.2 Å². The van der Waals surface area contributed by atoms with Gasteiger partial charge in [0.05, 0.1) is 0 Å². The minimum atomic E-state index is -0.182. The van der Waals surface area contributed by atoms with Gasteiger partial charge in [0.25, 0.3) is 0 Å². The van der Waals surface area contributed by atoms with E-state index in [4.69, 9.17) is 4.74 Å². The smallest absolute Gasteiger partial charge is 0.310 e. The normalized spacial score (nSPS) is 13.9. The van der Waals surface area contributed by atoms with E-state index in [-0.39, 0.29) is 5.97 Å². The van der Waals surface area contributed by atoms with Crippen molar-refractivity contribution in [3.05, 3.63) is 23.8 Å². The van der Waals surface area contributed by atoms with E-state index in [0.29, 0.717) is 12.2 Å². The number of carbonyl (C=O) groups is 1. The Morgan fingerprint density at radius 3 is 3.20 bits per heavy atom. The molecule has 0 radical (unpaired) electrons. The van der Waals surface area contributed by atoms with Crippen molar-refractivity contribution in [2.75, 3.05) is 11.9 Å². The first kappa shape index (κ1) is 10.0. The Kier molecular flexibility index (Phi) is 2.90. The van der Waals surface area contributed by atoms with Gasteiger partial charge in [0.1, 0.15) is 5.75 Å². The molecule has 0 saturated heterocycles. The third-order valence-corrected chi connectivity index (χ3v) is 2.54. The molecular weight excluding hydrogens is 190 g/mol. The molecule has 0 fully saturated rings. The van der Waals surface area contributed by atoms with Crippen LogP contribution in [0.4, 0.5) is 5.69 Å². The molecule has 1 aromatic rings. The molecule has 80 valence electrons. The number of nitrogens with one attached hydrogen (secondary N) is 1. The van der Waals surface area contributed by atoms with E-state index >= 15 is 0 Å². The fourth-order valence-corrected chi connectivity index (χ4v) is 1.72. The number of hydrogen-bond donors (Lipinski definition) is 1. The third kappa shape index (κ3) is 2.29. The van der Waals surface area contributed by atoms with Crippen molar-refractivity contribution in [1.29, 1.82) is 0 Å². The predicted molar refractivity (Wildman–Crippen MR) is 59.2 cm³/mol. The first-order chi connectivity index (χ1) is 7.29. The maximum absolute atomic E-state index is 11.1. The minimum absolute atomic E-state index is 0.182. The third-order valence-electron chi connectivity index (χ3n) is 2.54. The van der Waals surface area contributed by atoms with Gasteiger partial charge < -0.3 is 10.1 Å². The topological polar surface area (TPSA) is 38.3 Å². The molecule has 0 aliphatic carbocycles. The van der Waals surface area contributed by atoms with Gasteiger partial charge in [0, 0.05) is 18.7 Å². The number of esters is 1. The molecule has 0 amide bonds. The average Bonchev–Trinajstić information content (AvgIpc) is 2.29. The van der Waals surface area contributed by atoms with Crippen molar-refractivity contribution in [3.8, 4) is 5.75 Å². The standard InChI is InChI=1S/C12H15NO2/c1-2-12(14)15-10-5-6-11-9(8-10)4-3-7-13-11/h5-6,8,13H,2-4,7H2,1H3. The minimum Gasteiger partial charge on any atom is -0.427 e. The Bertz CT molecular complexity index is 374. The van der Waals surface area contributed by atoms with E-state index in [0.717, 1.165) is 25.1 Å². The highest BCUT2D eigenvalue weighted by Gasteiger charge is 2.10. The van der Waals surface area contributed by atoms with E-state index < -0.39 is 0 Å². The summed E-state index contributed by atoms with van der Waals surface area (Å²) in [5, 5.41) is 3.32. The molecule has 0 unspecified atom stereocenters. The predicted octanol–water partition coefficient (Wildman–Crippen LogP) is 2.36. The highest BCUT2D eigenvalue weighted by Crippen LogP contribution is 2.26. The average molecular weight is 205 g/mol. The van der Waals surface area contributed by atoms with Crippen LogP contribution in [0.3, 0.4) is 0 Å². The van der Waals surface area contributed by atoms with Crippen LogP contribution < -0.4 is 10.1 Å². The van der Waals surface area contributed by atoms with Crippen LogP contribution in [0, 0.1) is 0 Å². The van der Waals surface area contributed by atoms with Crippen LogP contribution in [-0.4, -0.2) is 12.5 Å². The van der Waals surface area contributed by atoms with Crippen molar-refractivity contribution in [3.63, 3.8) is 0 Å². The van der Waals surface area contributed by atoms with Gasteiger partial charge in [-0.3, -0.25) is 4.79 Å². The number of carbonyl (C=O) groups excluding carboxylic acids is 1. The summed E-state index contributed by atoms with van der Waals surface area (Å²) in [6.45, 7) is 2.82. The molecule has 1 heterocycles. The van der Waals surface area contributed by atoms with Gasteiger partial charge in [-0.25, -0.2) is 0 Å². The van der Waals surface area contributed by atoms with E-state index in [1.807, 2.05) is 18.2 Å². The summed E-state index contributed by atoms with van der Waals surface area (Å²) in [5.74, 6) is 0.475. The van der Waals surface area contributed by atoms with E-state index in [1.165, 1.54) is 5.56 Å². The maximum Gasteiger partial charge on any atom is 0.310 e. The molecule has 0 aromatic heterocycles. The van der Waals surface area contributed by atoms with Crippen LogP contribution in [0.2, 0.25) is 0 Å². The Morgan fingerprint density at radius 1 is 1.53 bits per heavy atom. The monoisotopic (exact) mass is 205 g/mol. The van der Waals surface area contributed by atoms with Crippen LogP contribution in [0.5, 0.6) is 5.75 Å². The molecule has 3 nitrogen and oxygen atoms in total. The highest BCUT2D eigenvalue weighted by molar-refractivity contribution is 5.72. The molecule has 1 aromatic carbocycles. The largest absolute Gasteiger partial charge is 0.427 e. The summed E-state index contributed by atoms with van der Waals surface area (Å²) in [5.41, 5.74) is 2.40. The molecule has 1 aliphatic rings. The second-order valence-electron chi connectivity index (χ2n) is 3.68. The van der Waals surface area contributed by atoms with Crippen molar-refractivity contribution in [1.82, 2.24) is 0 Å². The molecule has 0 spiro atoms.